The van der Waals surface area contributed by atoms with E-state index in [1.54, 1.807) is 13.8 Å². The molecule has 0 rings (SSSR count). The summed E-state index contributed by atoms with van der Waals surface area (Å²) in [6.07, 6.45) is -1.06. The second kappa shape index (κ2) is 13.0. The standard InChI is InChI=1S/C6H17O8P3.C4H11O4P.CH4/c1-6(2)14-17(11,12)5-15(7,8)4-16(9,10)13-3;1-4(2)8-9(5,6)7-3;/h6H,4-5H2,1-3H3,(H,7,8)(H,9,10)(H,11,12);4H,1-3H3,(H,5,6);1H4/p-4. The van der Waals surface area contributed by atoms with Crippen LogP contribution in [0.25, 0.3) is 0 Å². The first kappa shape index (κ1) is 32.3. The third-order valence-electron chi connectivity index (χ3n) is 1.99. The molecule has 0 aliphatic carbocycles. The number of phosphoric ester groups is 1. The fraction of sp³-hybridized carbons (Fsp3) is 1.00. The lowest BCUT2D eigenvalue weighted by molar-refractivity contribution is -0.226. The Bertz CT molecular complexity index is 604. The van der Waals surface area contributed by atoms with Crippen LogP contribution in [0, 0.1) is 0 Å². The first-order valence-corrected chi connectivity index (χ1v) is 14.0. The minimum atomic E-state index is -4.66. The second-order valence-corrected chi connectivity index (χ2v) is 13.8. The maximum atomic E-state index is 11.3. The zero-order valence-corrected chi connectivity index (χ0v) is 18.8. The van der Waals surface area contributed by atoms with Crippen molar-refractivity contribution >= 4 is 30.4 Å². The van der Waals surface area contributed by atoms with Crippen molar-refractivity contribution in [1.82, 2.24) is 0 Å². The molecule has 0 saturated carbocycles. The first-order valence-electron chi connectivity index (χ1n) is 7.05. The number of hydrogen-bond donors (Lipinski definition) is 0. The van der Waals surface area contributed by atoms with Gasteiger partial charge in [0.15, 0.2) is 0 Å². The highest BCUT2D eigenvalue weighted by atomic mass is 31.3. The second-order valence-electron chi connectivity index (χ2n) is 5.44. The SMILES string of the molecule is C.COP(=O)([O-])CP(=O)([O-])CP(=O)([O-])OC(C)C.COP(=O)([O-])OC(C)C. The van der Waals surface area contributed by atoms with Crippen molar-refractivity contribution in [2.45, 2.75) is 47.3 Å². The quantitative estimate of drug-likeness (QED) is 0.404. The van der Waals surface area contributed by atoms with E-state index in [4.69, 9.17) is 0 Å². The highest BCUT2D eigenvalue weighted by Gasteiger charge is 2.23. The van der Waals surface area contributed by atoms with Crippen LogP contribution in [0.2, 0.25) is 0 Å². The summed E-state index contributed by atoms with van der Waals surface area (Å²) < 4.78 is 60.6. The molecule has 168 valence electrons. The molecule has 0 aliphatic rings. The highest BCUT2D eigenvalue weighted by Crippen LogP contribution is 2.59. The van der Waals surface area contributed by atoms with Gasteiger partial charge in [0.1, 0.15) is 15.2 Å². The Hall–Kier alpha value is 0.600. The maximum absolute atomic E-state index is 11.3. The maximum Gasteiger partial charge on any atom is 0.267 e. The van der Waals surface area contributed by atoms with Gasteiger partial charge >= 0.3 is 0 Å². The molecular formula is C11H28O12P4-4. The molecule has 0 amide bonds. The monoisotopic (exact) mass is 476 g/mol. The fourth-order valence-electron chi connectivity index (χ4n) is 1.29. The molecule has 0 N–H and O–H groups in total. The smallest absolute Gasteiger partial charge is 0.267 e. The predicted octanol–water partition coefficient (Wildman–Crippen LogP) is 0.880. The Labute approximate surface area is 160 Å². The van der Waals surface area contributed by atoms with Gasteiger partial charge in [-0.15, -0.1) is 0 Å². The minimum absolute atomic E-state index is 0. The van der Waals surface area contributed by atoms with E-state index in [0.29, 0.717) is 0 Å². The van der Waals surface area contributed by atoms with E-state index >= 15 is 0 Å². The van der Waals surface area contributed by atoms with Gasteiger partial charge in [0.2, 0.25) is 0 Å². The van der Waals surface area contributed by atoms with Crippen molar-refractivity contribution in [2.75, 3.05) is 26.0 Å². The Morgan fingerprint density at radius 2 is 1.07 bits per heavy atom. The van der Waals surface area contributed by atoms with Gasteiger partial charge in [-0.25, -0.2) is 0 Å². The van der Waals surface area contributed by atoms with Gasteiger partial charge < -0.3 is 51.4 Å². The van der Waals surface area contributed by atoms with Crippen LogP contribution >= 0.6 is 30.4 Å². The van der Waals surface area contributed by atoms with Crippen molar-refractivity contribution in [1.29, 1.82) is 0 Å². The summed E-state index contributed by atoms with van der Waals surface area (Å²) in [5.74, 6) is -2.68. The molecule has 0 aromatic rings. The normalized spacial score (nSPS) is 20.3. The van der Waals surface area contributed by atoms with Crippen molar-refractivity contribution in [3.63, 3.8) is 0 Å². The van der Waals surface area contributed by atoms with Crippen LogP contribution in [0.5, 0.6) is 0 Å². The molecule has 0 saturated heterocycles. The van der Waals surface area contributed by atoms with Crippen molar-refractivity contribution in [3.05, 3.63) is 0 Å². The van der Waals surface area contributed by atoms with Crippen LogP contribution in [0.1, 0.15) is 35.1 Å². The Balaban J connectivity index is -0.000000491. The molecule has 12 nitrogen and oxygen atoms in total. The molecule has 27 heavy (non-hydrogen) atoms. The van der Waals surface area contributed by atoms with Gasteiger partial charge in [0, 0.05) is 21.6 Å². The van der Waals surface area contributed by atoms with Gasteiger partial charge in [-0.2, -0.15) is 0 Å². The first-order chi connectivity index (χ1) is 11.4. The third kappa shape index (κ3) is 19.7. The van der Waals surface area contributed by atoms with Crippen LogP contribution in [0.3, 0.4) is 0 Å². The van der Waals surface area contributed by atoms with Crippen LogP contribution < -0.4 is 19.6 Å². The molecule has 0 aromatic heterocycles. The molecule has 0 aliphatic heterocycles. The zero-order valence-electron chi connectivity index (χ0n) is 15.3. The summed E-state index contributed by atoms with van der Waals surface area (Å²) in [4.78, 5) is 43.9. The fourth-order valence-corrected chi connectivity index (χ4v) is 8.64. The molecule has 0 fully saturated rings. The molecule has 0 bridgehead atoms. The largest absolute Gasteiger partial charge is 0.799 e. The summed E-state index contributed by atoms with van der Waals surface area (Å²) in [5, 5.41) is 0. The molecule has 4 unspecified atom stereocenters. The molecule has 0 heterocycles. The van der Waals surface area contributed by atoms with E-state index in [2.05, 4.69) is 18.1 Å². The van der Waals surface area contributed by atoms with Crippen LogP contribution in [0.15, 0.2) is 0 Å². The lowest BCUT2D eigenvalue weighted by Gasteiger charge is -2.35. The summed E-state index contributed by atoms with van der Waals surface area (Å²) in [6, 6.07) is 0. The predicted molar refractivity (Wildman–Crippen MR) is 93.4 cm³/mol. The Morgan fingerprint density at radius 1 is 0.704 bits per heavy atom. The van der Waals surface area contributed by atoms with E-state index in [9.17, 15) is 37.8 Å². The zero-order chi connectivity index (χ0) is 21.4. The Kier molecular flexibility index (Phi) is 15.6. The molecule has 16 heteroatoms. The molecular weight excluding hydrogens is 448 g/mol. The van der Waals surface area contributed by atoms with E-state index < -0.39 is 48.3 Å². The topological polar surface area (TPSA) is 197 Å². The van der Waals surface area contributed by atoms with E-state index in [1.807, 2.05) is 0 Å². The van der Waals surface area contributed by atoms with Crippen molar-refractivity contribution in [3.8, 4) is 0 Å². The average molecular weight is 476 g/mol. The molecule has 0 aromatic carbocycles. The van der Waals surface area contributed by atoms with Crippen molar-refractivity contribution < 1.29 is 55.9 Å². The van der Waals surface area contributed by atoms with Crippen LogP contribution in [-0.4, -0.2) is 38.2 Å². The van der Waals surface area contributed by atoms with Crippen LogP contribution in [-0.2, 0) is 36.4 Å². The summed E-state index contributed by atoms with van der Waals surface area (Å²) in [7, 11) is -15.9. The van der Waals surface area contributed by atoms with E-state index in [-0.39, 0.29) is 13.5 Å². The van der Waals surface area contributed by atoms with Gasteiger partial charge in [-0.1, -0.05) is 7.43 Å². The van der Waals surface area contributed by atoms with Gasteiger partial charge in [0.25, 0.3) is 7.82 Å². The van der Waals surface area contributed by atoms with Gasteiger partial charge in [-0.3, -0.25) is 4.57 Å². The number of phosphoric acid groups is 1. The molecule has 0 radical (unpaired) electrons. The summed E-state index contributed by atoms with van der Waals surface area (Å²) in [6.45, 7) is 6.05. The van der Waals surface area contributed by atoms with Gasteiger partial charge in [-0.05, 0) is 27.7 Å². The van der Waals surface area contributed by atoms with Gasteiger partial charge in [0.05, 0.1) is 24.0 Å². The van der Waals surface area contributed by atoms with E-state index in [0.717, 1.165) is 14.2 Å². The Morgan fingerprint density at radius 3 is 1.33 bits per heavy atom. The minimum Gasteiger partial charge on any atom is -0.799 e. The van der Waals surface area contributed by atoms with Crippen LogP contribution in [0.4, 0.5) is 0 Å². The lowest BCUT2D eigenvalue weighted by atomic mass is 10.5. The van der Waals surface area contributed by atoms with E-state index in [1.165, 1.54) is 13.8 Å². The average Bonchev–Trinajstić information content (AvgIpc) is 2.33. The highest BCUT2D eigenvalue weighted by molar-refractivity contribution is 7.78. The lowest BCUT2D eigenvalue weighted by Crippen LogP contribution is -2.20. The summed E-state index contributed by atoms with van der Waals surface area (Å²) in [5.41, 5.74) is 0. The number of rotatable bonds is 10. The summed E-state index contributed by atoms with van der Waals surface area (Å²) >= 11 is 0. The number of hydrogen-bond acceptors (Lipinski definition) is 12. The molecule has 4 atom stereocenters. The van der Waals surface area contributed by atoms with Crippen molar-refractivity contribution in [2.24, 2.45) is 0 Å². The molecule has 0 spiro atoms. The third-order valence-corrected chi connectivity index (χ3v) is 10.6.